The molecule has 10 aromatic rings. The van der Waals surface area contributed by atoms with Gasteiger partial charge in [0.1, 0.15) is 0 Å². The predicted octanol–water partition coefficient (Wildman–Crippen LogP) is 12.5. The lowest BCUT2D eigenvalue weighted by Crippen LogP contribution is -2.26. The maximum absolute atomic E-state index is 2.53. The lowest BCUT2D eigenvalue weighted by molar-refractivity contribution is 0.637. The van der Waals surface area contributed by atoms with Gasteiger partial charge in [0, 0.05) is 32.6 Å². The predicted molar refractivity (Wildman–Crippen MR) is 208 cm³/mol. The third-order valence-electron chi connectivity index (χ3n) is 11.2. The highest BCUT2D eigenvalue weighted by atomic mass is 15.0. The second kappa shape index (κ2) is 9.49. The molecule has 0 aliphatic carbocycles. The summed E-state index contributed by atoms with van der Waals surface area (Å²) in [7, 11) is 0. The molecule has 0 atom stereocenters. The standard InChI is InChI=1S/C47H32N2/c1-47(2)39-27-32(26-38-36-18-10-11-19-40(36)49(46(38)39)42-25-22-30-13-7-9-17-35(30)45(42)47)31-20-23-37-43(28-31)48(33-14-4-3-5-15-33)41-24-21-29-12-6-8-16-34(29)44(37)41/h3-28H,1-2H3. The van der Waals surface area contributed by atoms with Crippen molar-refractivity contribution in [2.75, 3.05) is 0 Å². The molecule has 0 radical (unpaired) electrons. The fourth-order valence-corrected chi connectivity index (χ4v) is 9.05. The minimum absolute atomic E-state index is 0.212. The Hall–Kier alpha value is -6.12. The molecule has 0 N–H and O–H groups in total. The van der Waals surface area contributed by atoms with E-state index >= 15 is 0 Å². The molecule has 1 aliphatic rings. The molecule has 0 saturated carbocycles. The maximum Gasteiger partial charge on any atom is 0.0582 e. The number of nitrogens with zero attached hydrogens (tertiary/aromatic N) is 2. The van der Waals surface area contributed by atoms with Gasteiger partial charge in [-0.15, -0.1) is 0 Å². The molecule has 11 rings (SSSR count). The van der Waals surface area contributed by atoms with E-state index in [0.717, 1.165) is 0 Å². The number of hydrogen-bond acceptors (Lipinski definition) is 0. The maximum atomic E-state index is 2.53. The molecule has 8 aromatic carbocycles. The molecule has 0 saturated heterocycles. The van der Waals surface area contributed by atoms with Crippen LogP contribution in [-0.2, 0) is 5.41 Å². The van der Waals surface area contributed by atoms with Crippen molar-refractivity contribution < 1.29 is 0 Å². The average Bonchev–Trinajstić information content (AvgIpc) is 3.67. The van der Waals surface area contributed by atoms with Crippen LogP contribution in [0.3, 0.4) is 0 Å². The molecular formula is C47H32N2. The summed E-state index contributed by atoms with van der Waals surface area (Å²) in [6.07, 6.45) is 0. The Morgan fingerprint density at radius 1 is 0.429 bits per heavy atom. The summed E-state index contributed by atoms with van der Waals surface area (Å²) < 4.78 is 4.97. The van der Waals surface area contributed by atoms with Crippen LogP contribution in [0.25, 0.3) is 87.7 Å². The Morgan fingerprint density at radius 2 is 1.12 bits per heavy atom. The fraction of sp³-hybridized carbons (Fsp3) is 0.0638. The Balaban J connectivity index is 1.25. The number of aromatic nitrogens is 2. The van der Waals surface area contributed by atoms with E-state index in [1.807, 2.05) is 0 Å². The van der Waals surface area contributed by atoms with Crippen molar-refractivity contribution in [3.8, 4) is 22.5 Å². The van der Waals surface area contributed by atoms with E-state index in [2.05, 4.69) is 181 Å². The monoisotopic (exact) mass is 624 g/mol. The summed E-state index contributed by atoms with van der Waals surface area (Å²) in [6.45, 7) is 4.83. The molecule has 0 unspecified atom stereocenters. The van der Waals surface area contributed by atoms with Gasteiger partial charge in [-0.05, 0) is 92.3 Å². The Morgan fingerprint density at radius 3 is 1.96 bits per heavy atom. The molecular weight excluding hydrogens is 593 g/mol. The first-order valence-electron chi connectivity index (χ1n) is 17.2. The average molecular weight is 625 g/mol. The van der Waals surface area contributed by atoms with Crippen LogP contribution in [0.4, 0.5) is 0 Å². The summed E-state index contributed by atoms with van der Waals surface area (Å²) in [5.74, 6) is 0. The van der Waals surface area contributed by atoms with Crippen LogP contribution in [0.2, 0.25) is 0 Å². The number of benzene rings is 8. The van der Waals surface area contributed by atoms with Crippen molar-refractivity contribution in [2.45, 2.75) is 19.3 Å². The minimum atomic E-state index is -0.212. The van der Waals surface area contributed by atoms with Gasteiger partial charge >= 0.3 is 0 Å². The van der Waals surface area contributed by atoms with E-state index in [1.165, 1.54) is 98.8 Å². The van der Waals surface area contributed by atoms with Crippen LogP contribution >= 0.6 is 0 Å². The van der Waals surface area contributed by atoms with Gasteiger partial charge in [0.15, 0.2) is 0 Å². The van der Waals surface area contributed by atoms with Gasteiger partial charge in [-0.1, -0.05) is 123 Å². The molecule has 49 heavy (non-hydrogen) atoms. The molecule has 2 nitrogen and oxygen atoms in total. The molecule has 1 aliphatic heterocycles. The van der Waals surface area contributed by atoms with E-state index in [4.69, 9.17) is 0 Å². The van der Waals surface area contributed by atoms with Crippen molar-refractivity contribution in [3.05, 3.63) is 169 Å². The van der Waals surface area contributed by atoms with E-state index in [-0.39, 0.29) is 5.41 Å². The summed E-state index contributed by atoms with van der Waals surface area (Å²) in [5, 5.41) is 10.4. The second-order valence-electron chi connectivity index (χ2n) is 14.2. The fourth-order valence-electron chi connectivity index (χ4n) is 9.05. The first-order valence-corrected chi connectivity index (χ1v) is 17.2. The molecule has 0 fully saturated rings. The molecule has 2 aromatic heterocycles. The Bertz CT molecular complexity index is 3010. The highest BCUT2D eigenvalue weighted by Gasteiger charge is 2.37. The van der Waals surface area contributed by atoms with Crippen molar-refractivity contribution in [2.24, 2.45) is 0 Å². The van der Waals surface area contributed by atoms with E-state index in [0.29, 0.717) is 0 Å². The molecule has 3 heterocycles. The summed E-state index contributed by atoms with van der Waals surface area (Å²) in [5.41, 5.74) is 12.5. The van der Waals surface area contributed by atoms with E-state index < -0.39 is 0 Å². The summed E-state index contributed by atoms with van der Waals surface area (Å²) in [4.78, 5) is 0. The smallest absolute Gasteiger partial charge is 0.0582 e. The van der Waals surface area contributed by atoms with Gasteiger partial charge in [0.2, 0.25) is 0 Å². The van der Waals surface area contributed by atoms with Crippen molar-refractivity contribution in [1.82, 2.24) is 9.13 Å². The highest BCUT2D eigenvalue weighted by Crippen LogP contribution is 2.51. The van der Waals surface area contributed by atoms with Gasteiger partial charge in [-0.3, -0.25) is 0 Å². The van der Waals surface area contributed by atoms with Gasteiger partial charge in [0.05, 0.1) is 27.8 Å². The van der Waals surface area contributed by atoms with Crippen molar-refractivity contribution in [1.29, 1.82) is 0 Å². The normalized spacial score (nSPS) is 13.7. The minimum Gasteiger partial charge on any atom is -0.309 e. The van der Waals surface area contributed by atoms with Crippen LogP contribution in [-0.4, -0.2) is 9.13 Å². The van der Waals surface area contributed by atoms with Gasteiger partial charge in [-0.25, -0.2) is 0 Å². The molecule has 0 bridgehead atoms. The zero-order valence-electron chi connectivity index (χ0n) is 27.4. The third kappa shape index (κ3) is 3.50. The number of fused-ring (bicyclic) bond motifs is 12. The summed E-state index contributed by atoms with van der Waals surface area (Å²) >= 11 is 0. The largest absolute Gasteiger partial charge is 0.309 e. The molecule has 0 spiro atoms. The lowest BCUT2D eigenvalue weighted by Gasteiger charge is -2.36. The third-order valence-corrected chi connectivity index (χ3v) is 11.2. The molecule has 2 heteroatoms. The first-order chi connectivity index (χ1) is 24.1. The number of para-hydroxylation sites is 2. The quantitative estimate of drug-likeness (QED) is 0.181. The lowest BCUT2D eigenvalue weighted by atomic mass is 9.72. The van der Waals surface area contributed by atoms with Gasteiger partial charge in [0.25, 0.3) is 0 Å². The zero-order chi connectivity index (χ0) is 32.4. The second-order valence-corrected chi connectivity index (χ2v) is 14.2. The molecule has 0 amide bonds. The van der Waals surface area contributed by atoms with Gasteiger partial charge in [-0.2, -0.15) is 0 Å². The first kappa shape index (κ1) is 26.9. The zero-order valence-corrected chi connectivity index (χ0v) is 27.4. The van der Waals surface area contributed by atoms with Crippen LogP contribution in [0.15, 0.2) is 158 Å². The van der Waals surface area contributed by atoms with E-state index in [9.17, 15) is 0 Å². The molecule has 230 valence electrons. The van der Waals surface area contributed by atoms with Crippen molar-refractivity contribution in [3.63, 3.8) is 0 Å². The Labute approximate surface area is 284 Å². The number of rotatable bonds is 2. The van der Waals surface area contributed by atoms with E-state index in [1.54, 1.807) is 0 Å². The topological polar surface area (TPSA) is 9.86 Å². The highest BCUT2D eigenvalue weighted by molar-refractivity contribution is 6.22. The summed E-state index contributed by atoms with van der Waals surface area (Å²) in [6, 6.07) is 58.6. The van der Waals surface area contributed by atoms with Crippen LogP contribution < -0.4 is 0 Å². The Kier molecular flexibility index (Phi) is 5.21. The number of hydrogen-bond donors (Lipinski definition) is 0. The van der Waals surface area contributed by atoms with Crippen molar-refractivity contribution >= 4 is 65.2 Å². The van der Waals surface area contributed by atoms with Gasteiger partial charge < -0.3 is 9.13 Å². The van der Waals surface area contributed by atoms with Crippen LogP contribution in [0.5, 0.6) is 0 Å². The SMILES string of the molecule is CC1(C)c2c(ccc3ccccc23)-n2c3ccccc3c3cc(-c4ccc5c6c7ccccc7ccc6n(-c6ccccc6)c5c4)cc1c32. The van der Waals surface area contributed by atoms with Crippen LogP contribution in [0.1, 0.15) is 25.0 Å². The van der Waals surface area contributed by atoms with Crippen LogP contribution in [0, 0.1) is 0 Å².